The monoisotopic (exact) mass is 346 g/mol. The quantitative estimate of drug-likeness (QED) is 0.842. The Kier molecular flexibility index (Phi) is 6.45. The van der Waals surface area contributed by atoms with Crippen LogP contribution in [0.1, 0.15) is 37.0 Å². The van der Waals surface area contributed by atoms with Gasteiger partial charge in [0.1, 0.15) is 5.75 Å². The summed E-state index contributed by atoms with van der Waals surface area (Å²) in [5.41, 5.74) is 3.24. The van der Waals surface area contributed by atoms with Gasteiger partial charge in [0.15, 0.2) is 0 Å². The van der Waals surface area contributed by atoms with Crippen LogP contribution in [-0.4, -0.2) is 54.9 Å². The van der Waals surface area contributed by atoms with Crippen LogP contribution < -0.4 is 4.74 Å². The van der Waals surface area contributed by atoms with Crippen molar-refractivity contribution < 1.29 is 14.3 Å². The third-order valence-corrected chi connectivity index (χ3v) is 5.07. The summed E-state index contributed by atoms with van der Waals surface area (Å²) >= 11 is 0. The van der Waals surface area contributed by atoms with E-state index in [0.717, 1.165) is 42.0 Å². The van der Waals surface area contributed by atoms with Crippen LogP contribution >= 0.6 is 0 Å². The van der Waals surface area contributed by atoms with E-state index in [-0.39, 0.29) is 17.7 Å². The second-order valence-corrected chi connectivity index (χ2v) is 7.07. The Morgan fingerprint density at radius 2 is 1.68 bits per heavy atom. The first-order valence-electron chi connectivity index (χ1n) is 9.04. The standard InChI is InChI=1S/C20H30N2O3/c1-14(2)20(24)22-10-6-9-21(11-12-22)19(23)13-17-7-8-18(25-5)16(4)15(17)3/h7-8,14H,6,9-13H2,1-5H3. The Hall–Kier alpha value is -2.04. The van der Waals surface area contributed by atoms with E-state index in [9.17, 15) is 9.59 Å². The van der Waals surface area contributed by atoms with Crippen molar-refractivity contribution in [3.63, 3.8) is 0 Å². The van der Waals surface area contributed by atoms with Crippen LogP contribution in [0.2, 0.25) is 0 Å². The minimum atomic E-state index is 0.00664. The minimum Gasteiger partial charge on any atom is -0.496 e. The van der Waals surface area contributed by atoms with E-state index in [0.29, 0.717) is 19.5 Å². The van der Waals surface area contributed by atoms with E-state index in [1.54, 1.807) is 7.11 Å². The highest BCUT2D eigenvalue weighted by atomic mass is 16.5. The zero-order valence-electron chi connectivity index (χ0n) is 16.1. The van der Waals surface area contributed by atoms with Gasteiger partial charge < -0.3 is 14.5 Å². The number of amides is 2. The Labute approximate surface area is 150 Å². The molecule has 0 aliphatic carbocycles. The largest absolute Gasteiger partial charge is 0.496 e. The molecular weight excluding hydrogens is 316 g/mol. The van der Waals surface area contributed by atoms with Gasteiger partial charge in [-0.2, -0.15) is 0 Å². The van der Waals surface area contributed by atoms with Crippen molar-refractivity contribution in [3.05, 3.63) is 28.8 Å². The van der Waals surface area contributed by atoms with Crippen LogP contribution in [0.5, 0.6) is 5.75 Å². The van der Waals surface area contributed by atoms with Crippen LogP contribution in [0, 0.1) is 19.8 Å². The molecule has 0 radical (unpaired) electrons. The molecule has 1 aromatic carbocycles. The first-order chi connectivity index (χ1) is 11.8. The van der Waals surface area contributed by atoms with Gasteiger partial charge >= 0.3 is 0 Å². The van der Waals surface area contributed by atoms with E-state index in [4.69, 9.17) is 4.74 Å². The zero-order chi connectivity index (χ0) is 18.6. The summed E-state index contributed by atoms with van der Waals surface area (Å²) < 4.78 is 5.34. The van der Waals surface area contributed by atoms with E-state index in [1.165, 1.54) is 0 Å². The fourth-order valence-electron chi connectivity index (χ4n) is 3.29. The highest BCUT2D eigenvalue weighted by Crippen LogP contribution is 2.24. The van der Waals surface area contributed by atoms with Gasteiger partial charge in [-0.3, -0.25) is 9.59 Å². The number of hydrogen-bond acceptors (Lipinski definition) is 3. The molecule has 2 amide bonds. The lowest BCUT2D eigenvalue weighted by Crippen LogP contribution is -2.39. The second-order valence-electron chi connectivity index (χ2n) is 7.07. The fourth-order valence-corrected chi connectivity index (χ4v) is 3.29. The number of hydrogen-bond donors (Lipinski definition) is 0. The van der Waals surface area contributed by atoms with Gasteiger partial charge in [-0.1, -0.05) is 19.9 Å². The van der Waals surface area contributed by atoms with E-state index in [1.807, 2.05) is 49.6 Å². The van der Waals surface area contributed by atoms with Gasteiger partial charge in [0.25, 0.3) is 0 Å². The molecule has 2 rings (SSSR count). The average Bonchev–Trinajstić information content (AvgIpc) is 2.84. The lowest BCUT2D eigenvalue weighted by molar-refractivity contribution is -0.135. The second kappa shape index (κ2) is 8.37. The molecule has 5 heteroatoms. The van der Waals surface area contributed by atoms with Crippen LogP contribution in [-0.2, 0) is 16.0 Å². The highest BCUT2D eigenvalue weighted by molar-refractivity contribution is 5.80. The maximum absolute atomic E-state index is 12.7. The lowest BCUT2D eigenvalue weighted by atomic mass is 9.99. The van der Waals surface area contributed by atoms with Crippen molar-refractivity contribution >= 4 is 11.8 Å². The smallest absolute Gasteiger partial charge is 0.227 e. The Bertz CT molecular complexity index is 640. The molecule has 138 valence electrons. The third-order valence-electron chi connectivity index (χ3n) is 5.07. The molecule has 1 aliphatic heterocycles. The molecule has 0 bridgehead atoms. The predicted molar refractivity (Wildman–Crippen MR) is 98.8 cm³/mol. The summed E-state index contributed by atoms with van der Waals surface area (Å²) in [6.45, 7) is 10.6. The molecule has 1 fully saturated rings. The van der Waals surface area contributed by atoms with Crippen molar-refractivity contribution in [2.45, 2.75) is 40.5 Å². The van der Waals surface area contributed by atoms with Gasteiger partial charge in [0, 0.05) is 32.1 Å². The van der Waals surface area contributed by atoms with Crippen molar-refractivity contribution in [2.24, 2.45) is 5.92 Å². The molecule has 1 aliphatic rings. The van der Waals surface area contributed by atoms with Gasteiger partial charge in [-0.25, -0.2) is 0 Å². The number of rotatable bonds is 4. The summed E-state index contributed by atoms with van der Waals surface area (Å²) in [5.74, 6) is 1.17. The molecule has 1 aromatic rings. The highest BCUT2D eigenvalue weighted by Gasteiger charge is 2.23. The van der Waals surface area contributed by atoms with Crippen molar-refractivity contribution in [1.82, 2.24) is 9.80 Å². The maximum atomic E-state index is 12.7. The molecule has 25 heavy (non-hydrogen) atoms. The topological polar surface area (TPSA) is 49.9 Å². The van der Waals surface area contributed by atoms with Crippen molar-refractivity contribution in [1.29, 1.82) is 0 Å². The number of benzene rings is 1. The summed E-state index contributed by atoms with van der Waals surface area (Å²) in [7, 11) is 1.66. The first-order valence-corrected chi connectivity index (χ1v) is 9.04. The number of carbonyl (C=O) groups excluding carboxylic acids is 2. The SMILES string of the molecule is COc1ccc(CC(=O)N2CCCN(C(=O)C(C)C)CC2)c(C)c1C. The summed E-state index contributed by atoms with van der Waals surface area (Å²) in [6.07, 6.45) is 1.24. The zero-order valence-corrected chi connectivity index (χ0v) is 16.1. The molecule has 0 aromatic heterocycles. The van der Waals surface area contributed by atoms with Gasteiger partial charge in [-0.15, -0.1) is 0 Å². The molecule has 5 nitrogen and oxygen atoms in total. The van der Waals surface area contributed by atoms with E-state index in [2.05, 4.69) is 0 Å². The number of methoxy groups -OCH3 is 1. The Balaban J connectivity index is 2.02. The maximum Gasteiger partial charge on any atom is 0.227 e. The van der Waals surface area contributed by atoms with E-state index < -0.39 is 0 Å². The number of carbonyl (C=O) groups is 2. The predicted octanol–water partition coefficient (Wildman–Crippen LogP) is 2.57. The summed E-state index contributed by atoms with van der Waals surface area (Å²) in [4.78, 5) is 28.7. The lowest BCUT2D eigenvalue weighted by Gasteiger charge is -2.24. The molecule has 0 atom stereocenters. The van der Waals surface area contributed by atoms with Crippen LogP contribution in [0.15, 0.2) is 12.1 Å². The molecule has 0 spiro atoms. The minimum absolute atomic E-state index is 0.00664. The van der Waals surface area contributed by atoms with Crippen LogP contribution in [0.3, 0.4) is 0 Å². The summed E-state index contributed by atoms with van der Waals surface area (Å²) in [5, 5.41) is 0. The first kappa shape index (κ1) is 19.3. The average molecular weight is 346 g/mol. The number of ether oxygens (including phenoxy) is 1. The van der Waals surface area contributed by atoms with Gasteiger partial charge in [0.2, 0.25) is 11.8 Å². The number of nitrogens with zero attached hydrogens (tertiary/aromatic N) is 2. The van der Waals surface area contributed by atoms with E-state index >= 15 is 0 Å². The normalized spacial score (nSPS) is 15.3. The van der Waals surface area contributed by atoms with Gasteiger partial charge in [0.05, 0.1) is 13.5 Å². The summed E-state index contributed by atoms with van der Waals surface area (Å²) in [6, 6.07) is 3.90. The molecule has 1 heterocycles. The van der Waals surface area contributed by atoms with Crippen molar-refractivity contribution in [3.8, 4) is 5.75 Å². The Morgan fingerprint density at radius 1 is 1.04 bits per heavy atom. The van der Waals surface area contributed by atoms with Crippen molar-refractivity contribution in [2.75, 3.05) is 33.3 Å². The Morgan fingerprint density at radius 3 is 2.32 bits per heavy atom. The fraction of sp³-hybridized carbons (Fsp3) is 0.600. The molecule has 0 unspecified atom stereocenters. The molecule has 0 N–H and O–H groups in total. The molecule has 0 saturated carbocycles. The molecule has 1 saturated heterocycles. The van der Waals surface area contributed by atoms with Crippen LogP contribution in [0.25, 0.3) is 0 Å². The molecular formula is C20H30N2O3. The van der Waals surface area contributed by atoms with Crippen LogP contribution in [0.4, 0.5) is 0 Å². The third kappa shape index (κ3) is 4.53. The van der Waals surface area contributed by atoms with Gasteiger partial charge in [-0.05, 0) is 43.0 Å².